The predicted octanol–water partition coefficient (Wildman–Crippen LogP) is 3.28. The average Bonchev–Trinajstić information content (AvgIpc) is 2.49. The average molecular weight is 249 g/mol. The van der Waals surface area contributed by atoms with Gasteiger partial charge in [0.05, 0.1) is 0 Å². The number of allylic oxidation sites excluding steroid dienone is 2. The quantitative estimate of drug-likeness (QED) is 0.817. The molecule has 0 bridgehead atoms. The highest BCUT2D eigenvalue weighted by Gasteiger charge is 2.14. The molecule has 2 aromatic rings. The van der Waals surface area contributed by atoms with Gasteiger partial charge in [-0.1, -0.05) is 6.07 Å². The number of nitrogens with zero attached hydrogens (tertiary/aromatic N) is 3. The number of pyridine rings is 2. The Balaban J connectivity index is 1.92. The maximum absolute atomic E-state index is 4.40. The third-order valence-corrected chi connectivity index (χ3v) is 3.28. The maximum atomic E-state index is 4.40. The van der Waals surface area contributed by atoms with Crippen molar-refractivity contribution in [2.75, 3.05) is 11.4 Å². The number of rotatable bonds is 2. The summed E-state index contributed by atoms with van der Waals surface area (Å²) >= 11 is 0. The fourth-order valence-electron chi connectivity index (χ4n) is 2.20. The van der Waals surface area contributed by atoms with Crippen LogP contribution in [0.25, 0.3) is 5.57 Å². The molecular formula is C16H15N3. The van der Waals surface area contributed by atoms with E-state index in [4.69, 9.17) is 0 Å². The molecule has 0 fully saturated rings. The number of hydrogen-bond acceptors (Lipinski definition) is 3. The molecule has 1 aliphatic heterocycles. The van der Waals surface area contributed by atoms with Gasteiger partial charge in [0, 0.05) is 31.3 Å². The van der Waals surface area contributed by atoms with Crippen molar-refractivity contribution >= 4 is 11.4 Å². The zero-order chi connectivity index (χ0) is 13.1. The molecule has 0 atom stereocenters. The van der Waals surface area contributed by atoms with Crippen LogP contribution in [0.1, 0.15) is 12.5 Å². The van der Waals surface area contributed by atoms with Crippen LogP contribution in [0.5, 0.6) is 0 Å². The van der Waals surface area contributed by atoms with Crippen LogP contribution in [0.4, 0.5) is 5.82 Å². The van der Waals surface area contributed by atoms with Crippen molar-refractivity contribution in [3.63, 3.8) is 0 Å². The minimum Gasteiger partial charge on any atom is -0.329 e. The summed E-state index contributed by atoms with van der Waals surface area (Å²) in [5.41, 5.74) is 3.83. The van der Waals surface area contributed by atoms with Crippen LogP contribution in [-0.2, 0) is 0 Å². The van der Waals surface area contributed by atoms with Gasteiger partial charge in [-0.15, -0.1) is 0 Å². The van der Waals surface area contributed by atoms with Gasteiger partial charge in [-0.3, -0.25) is 4.98 Å². The number of aromatic nitrogens is 2. The molecule has 3 nitrogen and oxygen atoms in total. The molecule has 19 heavy (non-hydrogen) atoms. The molecule has 0 aromatic carbocycles. The highest BCUT2D eigenvalue weighted by Crippen LogP contribution is 2.26. The van der Waals surface area contributed by atoms with Crippen molar-refractivity contribution in [3.05, 3.63) is 72.3 Å². The van der Waals surface area contributed by atoms with E-state index in [1.54, 1.807) is 0 Å². The first-order valence-electron chi connectivity index (χ1n) is 6.30. The Bertz CT molecular complexity index is 615. The lowest BCUT2D eigenvalue weighted by molar-refractivity contribution is 1.03. The van der Waals surface area contributed by atoms with Crippen LogP contribution < -0.4 is 4.90 Å². The van der Waals surface area contributed by atoms with Gasteiger partial charge in [0.25, 0.3) is 0 Å². The highest BCUT2D eigenvalue weighted by molar-refractivity contribution is 5.76. The van der Waals surface area contributed by atoms with Gasteiger partial charge < -0.3 is 4.90 Å². The standard InChI is InChI=1S/C16H15N3/c1-13-7-11-19(16-4-2-3-8-18-16)12-15(13)14-5-9-17-10-6-14/h2-11H,12H2,1H3. The highest BCUT2D eigenvalue weighted by atomic mass is 15.2. The van der Waals surface area contributed by atoms with Gasteiger partial charge in [0.2, 0.25) is 0 Å². The smallest absolute Gasteiger partial charge is 0.132 e. The molecule has 3 heteroatoms. The Hall–Kier alpha value is -2.42. The zero-order valence-electron chi connectivity index (χ0n) is 10.8. The van der Waals surface area contributed by atoms with Crippen LogP contribution in [0.3, 0.4) is 0 Å². The van der Waals surface area contributed by atoms with Gasteiger partial charge in [-0.05, 0) is 54.0 Å². The van der Waals surface area contributed by atoms with E-state index in [9.17, 15) is 0 Å². The first-order chi connectivity index (χ1) is 9.34. The second kappa shape index (κ2) is 5.06. The van der Waals surface area contributed by atoms with Crippen molar-refractivity contribution < 1.29 is 0 Å². The largest absolute Gasteiger partial charge is 0.329 e. The Morgan fingerprint density at radius 2 is 1.89 bits per heavy atom. The van der Waals surface area contributed by atoms with Crippen molar-refractivity contribution in [3.8, 4) is 0 Å². The zero-order valence-corrected chi connectivity index (χ0v) is 10.8. The molecule has 0 spiro atoms. The summed E-state index contributed by atoms with van der Waals surface area (Å²) in [4.78, 5) is 10.6. The van der Waals surface area contributed by atoms with Crippen molar-refractivity contribution in [1.29, 1.82) is 0 Å². The van der Waals surface area contributed by atoms with Crippen LogP contribution >= 0.6 is 0 Å². The normalized spacial score (nSPS) is 14.9. The predicted molar refractivity (Wildman–Crippen MR) is 77.6 cm³/mol. The topological polar surface area (TPSA) is 29.0 Å². The molecule has 0 aliphatic carbocycles. The first-order valence-corrected chi connectivity index (χ1v) is 6.30. The van der Waals surface area contributed by atoms with Crippen LogP contribution in [0, 0.1) is 0 Å². The fourth-order valence-corrected chi connectivity index (χ4v) is 2.20. The number of hydrogen-bond donors (Lipinski definition) is 0. The van der Waals surface area contributed by atoms with Crippen molar-refractivity contribution in [2.45, 2.75) is 6.92 Å². The van der Waals surface area contributed by atoms with Gasteiger partial charge in [0.1, 0.15) is 5.82 Å². The summed E-state index contributed by atoms with van der Waals surface area (Å²) < 4.78 is 0. The van der Waals surface area contributed by atoms with Crippen molar-refractivity contribution in [2.24, 2.45) is 0 Å². The third kappa shape index (κ3) is 2.40. The fraction of sp³-hybridized carbons (Fsp3) is 0.125. The molecule has 3 heterocycles. The van der Waals surface area contributed by atoms with Gasteiger partial charge in [-0.2, -0.15) is 0 Å². The lowest BCUT2D eigenvalue weighted by atomic mass is 9.99. The minimum atomic E-state index is 0.837. The van der Waals surface area contributed by atoms with E-state index in [1.807, 2.05) is 36.8 Å². The van der Waals surface area contributed by atoms with E-state index in [-0.39, 0.29) is 0 Å². The number of anilines is 1. The van der Waals surface area contributed by atoms with Gasteiger partial charge in [0.15, 0.2) is 0 Å². The van der Waals surface area contributed by atoms with Gasteiger partial charge in [-0.25, -0.2) is 4.98 Å². The van der Waals surface area contributed by atoms with Gasteiger partial charge >= 0.3 is 0 Å². The Labute approximate surface area is 112 Å². The molecular weight excluding hydrogens is 234 g/mol. The van der Waals surface area contributed by atoms with E-state index in [0.717, 1.165) is 12.4 Å². The molecule has 0 saturated carbocycles. The van der Waals surface area contributed by atoms with Crippen molar-refractivity contribution in [1.82, 2.24) is 9.97 Å². The van der Waals surface area contributed by atoms with Crippen LogP contribution in [0.15, 0.2) is 66.8 Å². The first kappa shape index (κ1) is 11.7. The third-order valence-electron chi connectivity index (χ3n) is 3.28. The summed E-state index contributed by atoms with van der Waals surface area (Å²) in [7, 11) is 0. The molecule has 0 radical (unpaired) electrons. The molecule has 0 N–H and O–H groups in total. The van der Waals surface area contributed by atoms with E-state index < -0.39 is 0 Å². The summed E-state index contributed by atoms with van der Waals surface area (Å²) in [5, 5.41) is 0. The van der Waals surface area contributed by atoms with E-state index in [0.29, 0.717) is 0 Å². The molecule has 3 rings (SSSR count). The minimum absolute atomic E-state index is 0.837. The van der Waals surface area contributed by atoms with E-state index in [2.05, 4.69) is 46.2 Å². The van der Waals surface area contributed by atoms with Crippen LogP contribution in [0.2, 0.25) is 0 Å². The Morgan fingerprint density at radius 3 is 2.63 bits per heavy atom. The summed E-state index contributed by atoms with van der Waals surface area (Å²) in [6.45, 7) is 2.98. The second-order valence-corrected chi connectivity index (χ2v) is 4.53. The maximum Gasteiger partial charge on any atom is 0.132 e. The Morgan fingerprint density at radius 1 is 1.05 bits per heavy atom. The lowest BCUT2D eigenvalue weighted by Gasteiger charge is -2.26. The summed E-state index contributed by atoms with van der Waals surface area (Å²) in [5.74, 6) is 0.970. The molecule has 94 valence electrons. The van der Waals surface area contributed by atoms with E-state index in [1.165, 1.54) is 16.7 Å². The monoisotopic (exact) mass is 249 g/mol. The molecule has 0 unspecified atom stereocenters. The lowest BCUT2D eigenvalue weighted by Crippen LogP contribution is -2.22. The Kier molecular flexibility index (Phi) is 3.11. The molecule has 1 aliphatic rings. The molecule has 0 amide bonds. The SMILES string of the molecule is CC1=C(c2ccncc2)CN(c2ccccn2)C=C1. The molecule has 0 saturated heterocycles. The van der Waals surface area contributed by atoms with E-state index >= 15 is 0 Å². The summed E-state index contributed by atoms with van der Waals surface area (Å²) in [6.07, 6.45) is 9.70. The molecule has 2 aromatic heterocycles. The second-order valence-electron chi connectivity index (χ2n) is 4.53. The van der Waals surface area contributed by atoms with Crippen LogP contribution in [-0.4, -0.2) is 16.5 Å². The summed E-state index contributed by atoms with van der Waals surface area (Å²) in [6, 6.07) is 10.1.